The fourth-order valence-corrected chi connectivity index (χ4v) is 4.78. The van der Waals surface area contributed by atoms with E-state index in [4.69, 9.17) is 0 Å². The zero-order chi connectivity index (χ0) is 16.0. The second-order valence-corrected chi connectivity index (χ2v) is 7.83. The number of piperidine rings is 1. The fourth-order valence-electron chi connectivity index (χ4n) is 3.23. The van der Waals surface area contributed by atoms with Gasteiger partial charge in [0.05, 0.1) is 4.90 Å². The summed E-state index contributed by atoms with van der Waals surface area (Å²) in [6.07, 6.45) is 4.47. The van der Waals surface area contributed by atoms with Crippen LogP contribution in [0.15, 0.2) is 40.2 Å². The van der Waals surface area contributed by atoms with E-state index in [-0.39, 0.29) is 10.5 Å². The van der Waals surface area contributed by atoms with Gasteiger partial charge in [-0.15, -0.1) is 0 Å². The summed E-state index contributed by atoms with van der Waals surface area (Å²) in [7, 11) is -3.48. The van der Waals surface area contributed by atoms with Gasteiger partial charge < -0.3 is 9.97 Å². The van der Waals surface area contributed by atoms with Gasteiger partial charge in [-0.2, -0.15) is 4.31 Å². The minimum Gasteiger partial charge on any atom is -0.350 e. The maximum absolute atomic E-state index is 12.8. The second kappa shape index (κ2) is 5.21. The number of fused-ring (bicyclic) bond motifs is 3. The first-order chi connectivity index (χ1) is 11.1. The van der Waals surface area contributed by atoms with E-state index >= 15 is 0 Å². The van der Waals surface area contributed by atoms with E-state index in [1.807, 2.05) is 0 Å². The van der Waals surface area contributed by atoms with E-state index < -0.39 is 10.0 Å². The van der Waals surface area contributed by atoms with E-state index in [9.17, 15) is 13.2 Å². The molecule has 6 nitrogen and oxygen atoms in total. The summed E-state index contributed by atoms with van der Waals surface area (Å²) in [6.45, 7) is 1.15. The number of sulfonamides is 1. The van der Waals surface area contributed by atoms with Crippen molar-refractivity contribution in [2.24, 2.45) is 0 Å². The van der Waals surface area contributed by atoms with E-state index in [0.29, 0.717) is 18.6 Å². The molecule has 4 rings (SSSR count). The molecule has 0 amide bonds. The van der Waals surface area contributed by atoms with Gasteiger partial charge in [0.1, 0.15) is 5.52 Å². The molecular weight excluding hydrogens is 314 g/mol. The summed E-state index contributed by atoms with van der Waals surface area (Å²) in [5, 5.41) is 1.49. The topological polar surface area (TPSA) is 86.0 Å². The first-order valence-corrected chi connectivity index (χ1v) is 9.15. The highest BCUT2D eigenvalue weighted by atomic mass is 32.2. The first-order valence-electron chi connectivity index (χ1n) is 7.71. The summed E-state index contributed by atoms with van der Waals surface area (Å²) < 4.78 is 27.2. The Balaban J connectivity index is 1.90. The molecule has 3 aromatic rings. The van der Waals surface area contributed by atoms with E-state index in [0.717, 1.165) is 35.6 Å². The van der Waals surface area contributed by atoms with Crippen LogP contribution in [0.4, 0.5) is 0 Å². The maximum atomic E-state index is 12.8. The quantitative estimate of drug-likeness (QED) is 0.755. The van der Waals surface area contributed by atoms with Crippen LogP contribution in [-0.4, -0.2) is 35.8 Å². The molecule has 1 aliphatic heterocycles. The van der Waals surface area contributed by atoms with Gasteiger partial charge in [0.25, 0.3) is 5.56 Å². The van der Waals surface area contributed by atoms with Gasteiger partial charge in [-0.25, -0.2) is 8.42 Å². The van der Waals surface area contributed by atoms with Crippen LogP contribution >= 0.6 is 0 Å². The summed E-state index contributed by atoms with van der Waals surface area (Å²) in [6, 6.07) is 6.78. The number of H-pyrrole nitrogens is 2. The van der Waals surface area contributed by atoms with Crippen LogP contribution in [0.2, 0.25) is 0 Å². The molecule has 7 heteroatoms. The Morgan fingerprint density at radius 1 is 1.00 bits per heavy atom. The van der Waals surface area contributed by atoms with Crippen LogP contribution in [0, 0.1) is 0 Å². The molecule has 0 saturated carbocycles. The van der Waals surface area contributed by atoms with Crippen LogP contribution < -0.4 is 5.56 Å². The van der Waals surface area contributed by atoms with Crippen LogP contribution in [-0.2, 0) is 10.0 Å². The number of nitrogens with one attached hydrogen (secondary N) is 2. The van der Waals surface area contributed by atoms with Crippen molar-refractivity contribution in [3.8, 4) is 0 Å². The minimum atomic E-state index is -3.48. The Labute approximate surface area is 133 Å². The first kappa shape index (κ1) is 14.5. The van der Waals surface area contributed by atoms with E-state index in [2.05, 4.69) is 9.97 Å². The van der Waals surface area contributed by atoms with E-state index in [1.165, 1.54) is 0 Å². The normalized spacial score (nSPS) is 17.0. The number of hydrogen-bond acceptors (Lipinski definition) is 3. The van der Waals surface area contributed by atoms with Gasteiger partial charge in [0.2, 0.25) is 10.0 Å². The minimum absolute atomic E-state index is 0.209. The molecule has 0 bridgehead atoms. The largest absolute Gasteiger partial charge is 0.350 e. The van der Waals surface area contributed by atoms with Gasteiger partial charge in [-0.05, 0) is 37.1 Å². The molecule has 3 heterocycles. The van der Waals surface area contributed by atoms with Crippen molar-refractivity contribution in [2.75, 3.05) is 13.1 Å². The Morgan fingerprint density at radius 2 is 1.78 bits per heavy atom. The predicted molar refractivity (Wildman–Crippen MR) is 89.0 cm³/mol. The molecule has 1 aromatic carbocycles. The average molecular weight is 331 g/mol. The molecule has 0 spiro atoms. The van der Waals surface area contributed by atoms with Gasteiger partial charge in [0, 0.05) is 35.6 Å². The molecule has 1 fully saturated rings. The molecule has 1 aliphatic rings. The van der Waals surface area contributed by atoms with Crippen molar-refractivity contribution in [3.63, 3.8) is 0 Å². The summed E-state index contributed by atoms with van der Waals surface area (Å²) in [4.78, 5) is 17.8. The molecule has 0 atom stereocenters. The highest BCUT2D eigenvalue weighted by Crippen LogP contribution is 2.28. The number of rotatable bonds is 2. The van der Waals surface area contributed by atoms with Crippen molar-refractivity contribution in [3.05, 3.63) is 40.8 Å². The fraction of sp³-hybridized carbons (Fsp3) is 0.312. The zero-order valence-corrected chi connectivity index (χ0v) is 13.3. The predicted octanol–water partition coefficient (Wildman–Crippen LogP) is 2.18. The lowest BCUT2D eigenvalue weighted by Gasteiger charge is -2.25. The Morgan fingerprint density at radius 3 is 2.57 bits per heavy atom. The number of aromatic nitrogens is 2. The molecular formula is C16H17N3O3S. The van der Waals surface area contributed by atoms with Gasteiger partial charge >= 0.3 is 0 Å². The lowest BCUT2D eigenvalue weighted by Crippen LogP contribution is -2.35. The molecule has 0 unspecified atom stereocenters. The molecule has 2 aromatic heterocycles. The Bertz CT molecular complexity index is 1040. The van der Waals surface area contributed by atoms with Crippen LogP contribution in [0.25, 0.3) is 21.8 Å². The molecule has 120 valence electrons. The van der Waals surface area contributed by atoms with Crippen LogP contribution in [0.3, 0.4) is 0 Å². The summed E-state index contributed by atoms with van der Waals surface area (Å²) in [5.74, 6) is 0. The molecule has 0 radical (unpaired) electrons. The molecule has 1 saturated heterocycles. The Kier molecular flexibility index (Phi) is 3.28. The number of hydrogen-bond donors (Lipinski definition) is 2. The monoisotopic (exact) mass is 331 g/mol. The van der Waals surface area contributed by atoms with Crippen molar-refractivity contribution in [2.45, 2.75) is 24.2 Å². The third-order valence-electron chi connectivity index (χ3n) is 4.45. The summed E-state index contributed by atoms with van der Waals surface area (Å²) in [5.41, 5.74) is 1.02. The standard InChI is InChI=1S/C16H17N3O3S/c20-16-15-12(6-7-17-16)13-10-11(4-5-14(13)18-15)23(21,22)19-8-2-1-3-9-19/h4-7,10,18H,1-3,8-9H2,(H,17,20). The van der Waals surface area contributed by atoms with Crippen LogP contribution in [0.5, 0.6) is 0 Å². The van der Waals surface area contributed by atoms with E-state index in [1.54, 1.807) is 34.8 Å². The number of aromatic amines is 2. The number of nitrogens with zero attached hydrogens (tertiary/aromatic N) is 1. The van der Waals surface area contributed by atoms with Gasteiger partial charge in [-0.1, -0.05) is 6.42 Å². The third kappa shape index (κ3) is 2.27. The Hall–Kier alpha value is -2.12. The van der Waals surface area contributed by atoms with Crippen LogP contribution in [0.1, 0.15) is 19.3 Å². The van der Waals surface area contributed by atoms with Gasteiger partial charge in [0.15, 0.2) is 0 Å². The molecule has 0 aliphatic carbocycles. The van der Waals surface area contributed by atoms with Gasteiger partial charge in [-0.3, -0.25) is 4.79 Å². The maximum Gasteiger partial charge on any atom is 0.272 e. The SMILES string of the molecule is O=c1[nH]ccc2c1[nH]c1ccc(S(=O)(=O)N3CCCCC3)cc12. The number of pyridine rings is 1. The highest BCUT2D eigenvalue weighted by Gasteiger charge is 2.26. The second-order valence-electron chi connectivity index (χ2n) is 5.89. The van der Waals surface area contributed by atoms with Crippen molar-refractivity contribution in [1.82, 2.24) is 14.3 Å². The highest BCUT2D eigenvalue weighted by molar-refractivity contribution is 7.89. The lowest BCUT2D eigenvalue weighted by molar-refractivity contribution is 0.346. The lowest BCUT2D eigenvalue weighted by atomic mass is 10.2. The van der Waals surface area contributed by atoms with Crippen molar-refractivity contribution >= 4 is 31.8 Å². The van der Waals surface area contributed by atoms with Crippen molar-refractivity contribution < 1.29 is 8.42 Å². The zero-order valence-electron chi connectivity index (χ0n) is 12.5. The smallest absolute Gasteiger partial charge is 0.272 e. The van der Waals surface area contributed by atoms with Crippen molar-refractivity contribution in [1.29, 1.82) is 0 Å². The average Bonchev–Trinajstić information content (AvgIpc) is 2.95. The molecule has 23 heavy (non-hydrogen) atoms. The molecule has 2 N–H and O–H groups in total. The number of benzene rings is 1. The summed E-state index contributed by atoms with van der Waals surface area (Å²) >= 11 is 0. The third-order valence-corrected chi connectivity index (χ3v) is 6.35.